The van der Waals surface area contributed by atoms with Crippen molar-refractivity contribution in [2.45, 2.75) is 25.9 Å². The van der Waals surface area contributed by atoms with E-state index in [1.165, 1.54) is 21.7 Å². The first-order valence-corrected chi connectivity index (χ1v) is 8.94. The summed E-state index contributed by atoms with van der Waals surface area (Å²) in [5, 5.41) is 13.1. The van der Waals surface area contributed by atoms with Crippen LogP contribution < -0.4 is 5.32 Å². The molecule has 0 bridgehead atoms. The Bertz CT molecular complexity index is 865. The molecule has 3 aromatic rings. The molecule has 1 unspecified atom stereocenters. The number of carbonyl (C=O) groups excluding carboxylic acids is 1. The highest BCUT2D eigenvalue weighted by atomic mass is 35.5. The predicted molar refractivity (Wildman–Crippen MR) is 95.5 cm³/mol. The molecule has 1 amide bonds. The van der Waals surface area contributed by atoms with Gasteiger partial charge in [-0.05, 0) is 36.1 Å². The lowest BCUT2D eigenvalue weighted by molar-refractivity contribution is 0.0935. The van der Waals surface area contributed by atoms with Crippen LogP contribution >= 0.6 is 22.9 Å². The minimum Gasteiger partial charge on any atom is -0.348 e. The maximum Gasteiger partial charge on any atom is 0.273 e. The van der Waals surface area contributed by atoms with Gasteiger partial charge in [0.15, 0.2) is 5.69 Å². The van der Waals surface area contributed by atoms with Gasteiger partial charge in [0, 0.05) is 22.4 Å². The third-order valence-electron chi connectivity index (χ3n) is 3.58. The number of nitrogens with one attached hydrogen (secondary N) is 1. The Hall–Kier alpha value is -2.25. The van der Waals surface area contributed by atoms with Crippen molar-refractivity contribution in [2.75, 3.05) is 0 Å². The number of rotatable bonds is 6. The van der Waals surface area contributed by atoms with Crippen molar-refractivity contribution in [1.82, 2.24) is 20.3 Å². The highest BCUT2D eigenvalue weighted by molar-refractivity contribution is 7.09. The summed E-state index contributed by atoms with van der Waals surface area (Å²) in [4.78, 5) is 13.5. The van der Waals surface area contributed by atoms with E-state index in [4.69, 9.17) is 11.6 Å². The summed E-state index contributed by atoms with van der Waals surface area (Å²) >= 11 is 7.66. The number of thiophene rings is 1. The number of hydrogen-bond donors (Lipinski definition) is 1. The fourth-order valence-corrected chi connectivity index (χ4v) is 3.45. The van der Waals surface area contributed by atoms with Crippen molar-refractivity contribution in [3.63, 3.8) is 0 Å². The second-order valence-corrected chi connectivity index (χ2v) is 7.13. The number of carbonyl (C=O) groups is 1. The highest BCUT2D eigenvalue weighted by Crippen LogP contribution is 2.18. The van der Waals surface area contributed by atoms with E-state index in [1.54, 1.807) is 23.6 Å². The van der Waals surface area contributed by atoms with Crippen LogP contribution in [0.2, 0.25) is 5.02 Å². The molecule has 0 aliphatic rings. The Morgan fingerprint density at radius 1 is 1.44 bits per heavy atom. The molecule has 2 heterocycles. The van der Waals surface area contributed by atoms with Gasteiger partial charge >= 0.3 is 0 Å². The van der Waals surface area contributed by atoms with Gasteiger partial charge in [-0.1, -0.05) is 28.9 Å². The predicted octanol–water partition coefficient (Wildman–Crippen LogP) is 3.54. The molecule has 0 fully saturated rings. The van der Waals surface area contributed by atoms with E-state index in [0.29, 0.717) is 17.1 Å². The van der Waals surface area contributed by atoms with Gasteiger partial charge in [0.1, 0.15) is 5.82 Å². The van der Waals surface area contributed by atoms with E-state index in [0.717, 1.165) is 6.42 Å². The van der Waals surface area contributed by atoms with Gasteiger partial charge in [-0.3, -0.25) is 4.79 Å². The third kappa shape index (κ3) is 4.64. The molecule has 25 heavy (non-hydrogen) atoms. The molecule has 0 saturated heterocycles. The van der Waals surface area contributed by atoms with Crippen LogP contribution in [0.3, 0.4) is 0 Å². The standard InChI is InChI=1S/C17H16ClFN4OS/c1-11(7-14-3-2-6-25-14)20-17(24)16-10-23(22-21-16)9-12-4-5-13(19)8-15(12)18/h2-6,8,10-11H,7,9H2,1H3,(H,20,24). The van der Waals surface area contributed by atoms with Crippen LogP contribution in [0.5, 0.6) is 0 Å². The summed E-state index contributed by atoms with van der Waals surface area (Å²) < 4.78 is 14.6. The number of amides is 1. The van der Waals surface area contributed by atoms with E-state index in [2.05, 4.69) is 15.6 Å². The molecule has 3 rings (SSSR count). The topological polar surface area (TPSA) is 59.8 Å². The molecule has 1 N–H and O–H groups in total. The van der Waals surface area contributed by atoms with Gasteiger partial charge in [-0.15, -0.1) is 16.4 Å². The Kier molecular flexibility index (Phi) is 5.45. The Labute approximate surface area is 153 Å². The molecule has 1 atom stereocenters. The fourth-order valence-electron chi connectivity index (χ4n) is 2.38. The second-order valence-electron chi connectivity index (χ2n) is 5.70. The average molecular weight is 379 g/mol. The maximum atomic E-state index is 13.1. The fraction of sp³-hybridized carbons (Fsp3) is 0.235. The molecular weight excluding hydrogens is 363 g/mol. The van der Waals surface area contributed by atoms with Gasteiger partial charge in [-0.25, -0.2) is 9.07 Å². The van der Waals surface area contributed by atoms with Crippen LogP contribution in [0.4, 0.5) is 4.39 Å². The molecular formula is C17H16ClFN4OS. The molecule has 1 aromatic carbocycles. The van der Waals surface area contributed by atoms with Crippen LogP contribution in [-0.2, 0) is 13.0 Å². The van der Waals surface area contributed by atoms with Gasteiger partial charge in [0.05, 0.1) is 12.7 Å². The minimum absolute atomic E-state index is 0.0113. The van der Waals surface area contributed by atoms with Crippen molar-refractivity contribution >= 4 is 28.8 Å². The van der Waals surface area contributed by atoms with Crippen LogP contribution in [0.1, 0.15) is 27.9 Å². The molecule has 0 aliphatic heterocycles. The van der Waals surface area contributed by atoms with Gasteiger partial charge in [-0.2, -0.15) is 0 Å². The normalized spacial score (nSPS) is 12.1. The first-order valence-electron chi connectivity index (χ1n) is 7.68. The summed E-state index contributed by atoms with van der Waals surface area (Å²) in [6.45, 7) is 2.25. The Balaban J connectivity index is 1.61. The third-order valence-corrected chi connectivity index (χ3v) is 4.83. The first-order chi connectivity index (χ1) is 12.0. The van der Waals surface area contributed by atoms with Crippen LogP contribution in [-0.4, -0.2) is 26.9 Å². The number of nitrogens with zero attached hydrogens (tertiary/aromatic N) is 3. The number of halogens is 2. The molecule has 8 heteroatoms. The lowest BCUT2D eigenvalue weighted by Gasteiger charge is -2.11. The number of hydrogen-bond acceptors (Lipinski definition) is 4. The number of benzene rings is 1. The molecule has 0 spiro atoms. The van der Waals surface area contributed by atoms with Gasteiger partial charge in [0.2, 0.25) is 0 Å². The zero-order valence-corrected chi connectivity index (χ0v) is 15.0. The van der Waals surface area contributed by atoms with Crippen molar-refractivity contribution < 1.29 is 9.18 Å². The summed E-state index contributed by atoms with van der Waals surface area (Å²) in [7, 11) is 0. The maximum absolute atomic E-state index is 13.1. The lowest BCUT2D eigenvalue weighted by Crippen LogP contribution is -2.34. The SMILES string of the molecule is CC(Cc1cccs1)NC(=O)c1cn(Cc2ccc(F)cc2Cl)nn1. The smallest absolute Gasteiger partial charge is 0.273 e. The largest absolute Gasteiger partial charge is 0.348 e. The molecule has 0 radical (unpaired) electrons. The molecule has 0 aliphatic carbocycles. The summed E-state index contributed by atoms with van der Waals surface area (Å²) in [6.07, 6.45) is 2.32. The zero-order valence-electron chi connectivity index (χ0n) is 13.4. The van der Waals surface area contributed by atoms with Gasteiger partial charge in [0.25, 0.3) is 5.91 Å². The van der Waals surface area contributed by atoms with E-state index in [-0.39, 0.29) is 17.6 Å². The highest BCUT2D eigenvalue weighted by Gasteiger charge is 2.15. The van der Waals surface area contributed by atoms with Crippen LogP contribution in [0, 0.1) is 5.82 Å². The summed E-state index contributed by atoms with van der Waals surface area (Å²) in [5.41, 5.74) is 0.933. The first kappa shape index (κ1) is 17.6. The van der Waals surface area contributed by atoms with E-state index in [9.17, 15) is 9.18 Å². The van der Waals surface area contributed by atoms with Crippen molar-refractivity contribution in [1.29, 1.82) is 0 Å². The van der Waals surface area contributed by atoms with E-state index < -0.39 is 5.82 Å². The zero-order chi connectivity index (χ0) is 17.8. The molecule has 5 nitrogen and oxygen atoms in total. The average Bonchev–Trinajstić information content (AvgIpc) is 3.21. The van der Waals surface area contributed by atoms with Crippen LogP contribution in [0.15, 0.2) is 41.9 Å². The summed E-state index contributed by atoms with van der Waals surface area (Å²) in [6, 6.07) is 8.17. The monoisotopic (exact) mass is 378 g/mol. The van der Waals surface area contributed by atoms with Crippen molar-refractivity contribution in [3.05, 3.63) is 68.9 Å². The quantitative estimate of drug-likeness (QED) is 0.713. The van der Waals surface area contributed by atoms with E-state index in [1.807, 2.05) is 24.4 Å². The Morgan fingerprint density at radius 2 is 2.28 bits per heavy atom. The van der Waals surface area contributed by atoms with Crippen LogP contribution in [0.25, 0.3) is 0 Å². The van der Waals surface area contributed by atoms with Gasteiger partial charge < -0.3 is 5.32 Å². The second kappa shape index (κ2) is 7.76. The number of aromatic nitrogens is 3. The molecule has 0 saturated carbocycles. The Morgan fingerprint density at radius 3 is 3.00 bits per heavy atom. The van der Waals surface area contributed by atoms with Crippen molar-refractivity contribution in [2.24, 2.45) is 0 Å². The molecule has 2 aromatic heterocycles. The lowest BCUT2D eigenvalue weighted by atomic mass is 10.2. The van der Waals surface area contributed by atoms with E-state index >= 15 is 0 Å². The molecule has 130 valence electrons. The summed E-state index contributed by atoms with van der Waals surface area (Å²) in [5.74, 6) is -0.673. The minimum atomic E-state index is -0.396. The van der Waals surface area contributed by atoms with Crippen molar-refractivity contribution in [3.8, 4) is 0 Å².